The zero-order valence-electron chi connectivity index (χ0n) is 7.20. The van der Waals surface area contributed by atoms with Crippen LogP contribution in [0.5, 0.6) is 5.75 Å². The summed E-state index contributed by atoms with van der Waals surface area (Å²) in [6.45, 7) is -0.123. The van der Waals surface area contributed by atoms with Crippen LogP contribution < -0.4 is 10.5 Å². The van der Waals surface area contributed by atoms with Crippen LogP contribution in [-0.2, 0) is 4.79 Å². The molecule has 5 heteroatoms. The van der Waals surface area contributed by atoms with Gasteiger partial charge in [0.2, 0.25) is 0 Å². The maximum atomic E-state index is 10.9. The maximum Gasteiger partial charge on any atom is 0.252 e. The highest BCUT2D eigenvalue weighted by Crippen LogP contribution is 2.22. The van der Waals surface area contributed by atoms with Gasteiger partial charge in [-0.3, -0.25) is 9.59 Å². The first-order valence-electron chi connectivity index (χ1n) is 3.81. The Morgan fingerprint density at radius 1 is 1.57 bits per heavy atom. The van der Waals surface area contributed by atoms with E-state index in [-0.39, 0.29) is 17.9 Å². The van der Waals surface area contributed by atoms with Crippen molar-refractivity contribution in [3.63, 3.8) is 0 Å². The van der Waals surface area contributed by atoms with Gasteiger partial charge in [-0.2, -0.15) is 0 Å². The molecule has 1 aromatic carbocycles. The second kappa shape index (κ2) is 4.62. The van der Waals surface area contributed by atoms with E-state index in [9.17, 15) is 9.59 Å². The molecule has 14 heavy (non-hydrogen) atoms. The van der Waals surface area contributed by atoms with Gasteiger partial charge >= 0.3 is 0 Å². The number of nitrogens with two attached hydrogens (primary N) is 1. The van der Waals surface area contributed by atoms with E-state index in [1.165, 1.54) is 12.1 Å². The van der Waals surface area contributed by atoms with E-state index in [1.807, 2.05) is 0 Å². The Hall–Kier alpha value is -1.55. The molecule has 1 aromatic rings. The van der Waals surface area contributed by atoms with Crippen LogP contribution in [0.3, 0.4) is 0 Å². The summed E-state index contributed by atoms with van der Waals surface area (Å²) in [6.07, 6.45) is 0.583. The molecule has 0 aliphatic heterocycles. The average Bonchev–Trinajstić information content (AvgIpc) is 2.15. The number of hydrogen-bond acceptors (Lipinski definition) is 3. The number of rotatable bonds is 4. The topological polar surface area (TPSA) is 69.4 Å². The van der Waals surface area contributed by atoms with Crippen LogP contribution >= 0.6 is 11.6 Å². The zero-order chi connectivity index (χ0) is 10.6. The number of halogens is 1. The Morgan fingerprint density at radius 3 is 2.86 bits per heavy atom. The van der Waals surface area contributed by atoms with Crippen LogP contribution in [0.1, 0.15) is 10.4 Å². The number of primary amides is 1. The van der Waals surface area contributed by atoms with E-state index in [2.05, 4.69) is 0 Å². The lowest BCUT2D eigenvalue weighted by molar-refractivity contribution is -0.109. The largest absolute Gasteiger partial charge is 0.485 e. The van der Waals surface area contributed by atoms with E-state index >= 15 is 0 Å². The average molecular weight is 214 g/mol. The molecule has 0 aromatic heterocycles. The van der Waals surface area contributed by atoms with Gasteiger partial charge in [0.1, 0.15) is 12.4 Å². The minimum absolute atomic E-state index is 0.123. The minimum atomic E-state index is -0.645. The third-order valence-corrected chi connectivity index (χ3v) is 1.75. The van der Waals surface area contributed by atoms with Crippen LogP contribution in [0.15, 0.2) is 18.2 Å². The van der Waals surface area contributed by atoms with Crippen molar-refractivity contribution in [1.82, 2.24) is 0 Å². The van der Waals surface area contributed by atoms with Crippen LogP contribution in [0, 0.1) is 0 Å². The van der Waals surface area contributed by atoms with Crippen molar-refractivity contribution in [2.75, 3.05) is 6.61 Å². The highest BCUT2D eigenvalue weighted by atomic mass is 35.5. The molecule has 0 saturated carbocycles. The Morgan fingerprint density at radius 2 is 2.29 bits per heavy atom. The highest BCUT2D eigenvalue weighted by Gasteiger charge is 2.09. The zero-order valence-corrected chi connectivity index (χ0v) is 7.95. The number of carbonyl (C=O) groups excluding carboxylic acids is 2. The van der Waals surface area contributed by atoms with Crippen molar-refractivity contribution in [1.29, 1.82) is 0 Å². The fourth-order valence-corrected chi connectivity index (χ4v) is 1.12. The summed E-state index contributed by atoms with van der Waals surface area (Å²) >= 11 is 5.66. The van der Waals surface area contributed by atoms with E-state index in [0.29, 0.717) is 11.3 Å². The summed E-state index contributed by atoms with van der Waals surface area (Å²) in [5.74, 6) is -0.387. The van der Waals surface area contributed by atoms with Crippen molar-refractivity contribution in [2.24, 2.45) is 5.73 Å². The van der Waals surface area contributed by atoms with E-state index in [4.69, 9.17) is 22.1 Å². The standard InChI is InChI=1S/C9H8ClNO3/c10-6-1-2-8(14-4-3-12)7(5-6)9(11)13/h1-3,5H,4H2,(H2,11,13). The smallest absolute Gasteiger partial charge is 0.252 e. The lowest BCUT2D eigenvalue weighted by Gasteiger charge is -2.06. The first-order valence-corrected chi connectivity index (χ1v) is 4.18. The number of benzene rings is 1. The molecule has 4 nitrogen and oxygen atoms in total. The first-order chi connectivity index (χ1) is 6.65. The molecule has 0 bridgehead atoms. The van der Waals surface area contributed by atoms with Crippen molar-refractivity contribution < 1.29 is 14.3 Å². The van der Waals surface area contributed by atoms with Gasteiger partial charge in [-0.05, 0) is 18.2 Å². The van der Waals surface area contributed by atoms with Crippen molar-refractivity contribution >= 4 is 23.8 Å². The lowest BCUT2D eigenvalue weighted by Crippen LogP contribution is -2.13. The Balaban J connectivity index is 3.01. The van der Waals surface area contributed by atoms with E-state index < -0.39 is 5.91 Å². The molecule has 0 aliphatic carbocycles. The van der Waals surface area contributed by atoms with Gasteiger partial charge in [0.05, 0.1) is 5.56 Å². The molecular formula is C9H8ClNO3. The monoisotopic (exact) mass is 213 g/mol. The van der Waals surface area contributed by atoms with Gasteiger partial charge in [0, 0.05) is 5.02 Å². The first kappa shape index (κ1) is 10.5. The van der Waals surface area contributed by atoms with Crippen LogP contribution in [0.2, 0.25) is 5.02 Å². The molecule has 0 unspecified atom stereocenters. The van der Waals surface area contributed by atoms with Crippen molar-refractivity contribution in [3.8, 4) is 5.75 Å². The molecule has 0 spiro atoms. The molecule has 1 amide bonds. The summed E-state index contributed by atoms with van der Waals surface area (Å²) in [7, 11) is 0. The maximum absolute atomic E-state index is 10.9. The number of aldehydes is 1. The fraction of sp³-hybridized carbons (Fsp3) is 0.111. The van der Waals surface area contributed by atoms with Gasteiger partial charge in [-0.25, -0.2) is 0 Å². The minimum Gasteiger partial charge on any atom is -0.485 e. The van der Waals surface area contributed by atoms with Gasteiger partial charge in [0.25, 0.3) is 5.91 Å². The molecule has 0 aliphatic rings. The van der Waals surface area contributed by atoms with Crippen molar-refractivity contribution in [2.45, 2.75) is 0 Å². The SMILES string of the molecule is NC(=O)c1cc(Cl)ccc1OCC=O. The molecule has 0 saturated heterocycles. The van der Waals surface area contributed by atoms with Crippen molar-refractivity contribution in [3.05, 3.63) is 28.8 Å². The molecular weight excluding hydrogens is 206 g/mol. The number of ether oxygens (including phenoxy) is 1. The van der Waals surface area contributed by atoms with Gasteiger partial charge in [-0.1, -0.05) is 11.6 Å². The van der Waals surface area contributed by atoms with Crippen LogP contribution in [-0.4, -0.2) is 18.8 Å². The summed E-state index contributed by atoms with van der Waals surface area (Å²) in [6, 6.07) is 4.43. The quantitative estimate of drug-likeness (QED) is 0.759. The van der Waals surface area contributed by atoms with Gasteiger partial charge < -0.3 is 10.5 Å². The normalized spacial score (nSPS) is 9.50. The number of hydrogen-bond donors (Lipinski definition) is 1. The Labute approximate surface area is 85.6 Å². The predicted molar refractivity (Wildman–Crippen MR) is 51.5 cm³/mol. The van der Waals surface area contributed by atoms with Gasteiger partial charge in [0.15, 0.2) is 6.29 Å². The number of amides is 1. The summed E-state index contributed by atoms with van der Waals surface area (Å²) in [5.41, 5.74) is 5.26. The summed E-state index contributed by atoms with van der Waals surface area (Å²) in [4.78, 5) is 21.0. The van der Waals surface area contributed by atoms with E-state index in [0.717, 1.165) is 0 Å². The molecule has 0 atom stereocenters. The molecule has 0 radical (unpaired) electrons. The van der Waals surface area contributed by atoms with Crippen LogP contribution in [0.25, 0.3) is 0 Å². The third-order valence-electron chi connectivity index (χ3n) is 1.51. The second-order valence-electron chi connectivity index (χ2n) is 2.48. The molecule has 0 fully saturated rings. The molecule has 1 rings (SSSR count). The molecule has 74 valence electrons. The lowest BCUT2D eigenvalue weighted by atomic mass is 10.2. The molecule has 2 N–H and O–H groups in total. The predicted octanol–water partition coefficient (Wildman–Crippen LogP) is 1.02. The molecule has 0 heterocycles. The third kappa shape index (κ3) is 2.47. The highest BCUT2D eigenvalue weighted by molar-refractivity contribution is 6.31. The van der Waals surface area contributed by atoms with Gasteiger partial charge in [-0.15, -0.1) is 0 Å². The summed E-state index contributed by atoms with van der Waals surface area (Å²) < 4.78 is 4.98. The Bertz CT molecular complexity index is 365. The Kier molecular flexibility index (Phi) is 3.48. The van der Waals surface area contributed by atoms with E-state index in [1.54, 1.807) is 6.07 Å². The fourth-order valence-electron chi connectivity index (χ4n) is 0.944. The second-order valence-corrected chi connectivity index (χ2v) is 2.92. The summed E-state index contributed by atoms with van der Waals surface area (Å²) in [5, 5.41) is 0.386. The number of carbonyl (C=O) groups is 2. The van der Waals surface area contributed by atoms with Crippen LogP contribution in [0.4, 0.5) is 0 Å².